The highest BCUT2D eigenvalue weighted by Crippen LogP contribution is 2.15. The van der Waals surface area contributed by atoms with E-state index in [9.17, 15) is 14.4 Å². The molecule has 1 saturated heterocycles. The van der Waals surface area contributed by atoms with E-state index in [1.54, 1.807) is 7.05 Å². The van der Waals surface area contributed by atoms with Gasteiger partial charge in [-0.05, 0) is 19.8 Å². The molecule has 0 aromatic carbocycles. The van der Waals surface area contributed by atoms with Crippen LogP contribution in [0.3, 0.4) is 0 Å². The van der Waals surface area contributed by atoms with Crippen LogP contribution in [-0.4, -0.2) is 43.3 Å². The van der Waals surface area contributed by atoms with Gasteiger partial charge in [-0.2, -0.15) is 0 Å². The molecule has 0 radical (unpaired) electrons. The number of carbonyl (C=O) groups is 1. The third kappa shape index (κ3) is 2.75. The van der Waals surface area contributed by atoms with Gasteiger partial charge < -0.3 is 14.6 Å². The van der Waals surface area contributed by atoms with E-state index in [0.717, 1.165) is 24.0 Å². The van der Waals surface area contributed by atoms with Gasteiger partial charge in [0.1, 0.15) is 6.54 Å². The van der Waals surface area contributed by atoms with Gasteiger partial charge in [-0.15, -0.1) is 0 Å². The van der Waals surface area contributed by atoms with Crippen LogP contribution in [0, 0.1) is 0 Å². The van der Waals surface area contributed by atoms with Crippen LogP contribution in [0.1, 0.15) is 19.8 Å². The summed E-state index contributed by atoms with van der Waals surface area (Å²) in [5.41, 5.74) is -0.414. The zero-order chi connectivity index (χ0) is 17.4. The number of nitrogens with one attached hydrogen (secondary N) is 1. The molecule has 2 aromatic heterocycles. The average Bonchev–Trinajstić information content (AvgIpc) is 3.20. The van der Waals surface area contributed by atoms with Gasteiger partial charge in [-0.3, -0.25) is 18.7 Å². The molecule has 2 atom stereocenters. The van der Waals surface area contributed by atoms with E-state index in [1.165, 1.54) is 22.5 Å². The lowest BCUT2D eigenvalue weighted by Gasteiger charge is -2.20. The Labute approximate surface area is 137 Å². The van der Waals surface area contributed by atoms with Gasteiger partial charge in [0.25, 0.3) is 5.56 Å². The maximum Gasteiger partial charge on any atom is 0.332 e. The first-order valence-corrected chi connectivity index (χ1v) is 7.92. The molecule has 1 fully saturated rings. The molecule has 9 heteroatoms. The van der Waals surface area contributed by atoms with Crippen molar-refractivity contribution in [3.8, 4) is 0 Å². The van der Waals surface area contributed by atoms with Crippen molar-refractivity contribution in [1.82, 2.24) is 24.0 Å². The Morgan fingerprint density at radius 2 is 2.17 bits per heavy atom. The Morgan fingerprint density at radius 3 is 2.83 bits per heavy atom. The van der Waals surface area contributed by atoms with Gasteiger partial charge in [0, 0.05) is 20.7 Å². The molecule has 130 valence electrons. The van der Waals surface area contributed by atoms with Gasteiger partial charge in [-0.25, -0.2) is 9.78 Å². The van der Waals surface area contributed by atoms with Gasteiger partial charge in [0.05, 0.1) is 18.5 Å². The highest BCUT2D eigenvalue weighted by Gasteiger charge is 2.24. The van der Waals surface area contributed by atoms with Crippen LogP contribution in [0.2, 0.25) is 0 Å². The second kappa shape index (κ2) is 6.23. The Balaban J connectivity index is 1.84. The number of fused-ring (bicyclic) bond motifs is 1. The summed E-state index contributed by atoms with van der Waals surface area (Å²) in [6, 6.07) is -0.0954. The third-order valence-corrected chi connectivity index (χ3v) is 4.44. The molecule has 0 spiro atoms. The van der Waals surface area contributed by atoms with Crippen LogP contribution in [0.15, 0.2) is 15.9 Å². The molecule has 3 rings (SSSR count). The number of ether oxygens (including phenoxy) is 1. The second-order valence-electron chi connectivity index (χ2n) is 6.16. The highest BCUT2D eigenvalue weighted by atomic mass is 16.5. The molecule has 9 nitrogen and oxygen atoms in total. The molecule has 0 saturated carbocycles. The number of aromatic nitrogens is 4. The Bertz CT molecular complexity index is 888. The fourth-order valence-electron chi connectivity index (χ4n) is 3.06. The molecule has 1 aliphatic heterocycles. The number of amides is 1. The first-order chi connectivity index (χ1) is 11.4. The van der Waals surface area contributed by atoms with E-state index in [0.29, 0.717) is 0 Å². The first-order valence-electron chi connectivity index (χ1n) is 7.92. The van der Waals surface area contributed by atoms with Crippen LogP contribution < -0.4 is 16.6 Å². The lowest BCUT2D eigenvalue weighted by Crippen LogP contribution is -2.42. The smallest absolute Gasteiger partial charge is 0.332 e. The summed E-state index contributed by atoms with van der Waals surface area (Å²) in [6.07, 6.45) is 3.36. The van der Waals surface area contributed by atoms with Crippen molar-refractivity contribution < 1.29 is 9.53 Å². The molecule has 2 aromatic rings. The van der Waals surface area contributed by atoms with Gasteiger partial charge in [-0.1, -0.05) is 0 Å². The van der Waals surface area contributed by atoms with Crippen molar-refractivity contribution in [2.24, 2.45) is 14.1 Å². The van der Waals surface area contributed by atoms with Crippen LogP contribution in [0.4, 0.5) is 0 Å². The Kier molecular flexibility index (Phi) is 4.27. The molecular weight excluding hydrogens is 314 g/mol. The molecule has 1 N–H and O–H groups in total. The zero-order valence-electron chi connectivity index (χ0n) is 14.0. The lowest BCUT2D eigenvalue weighted by molar-refractivity contribution is -0.123. The predicted molar refractivity (Wildman–Crippen MR) is 86.8 cm³/mol. The Hall–Kier alpha value is -2.42. The molecule has 3 heterocycles. The molecule has 2 unspecified atom stereocenters. The fourth-order valence-corrected chi connectivity index (χ4v) is 3.06. The molecule has 1 amide bonds. The van der Waals surface area contributed by atoms with Crippen molar-refractivity contribution in [3.05, 3.63) is 27.2 Å². The number of hydrogen-bond acceptors (Lipinski definition) is 5. The largest absolute Gasteiger partial charge is 0.376 e. The van der Waals surface area contributed by atoms with Crippen molar-refractivity contribution >= 4 is 17.1 Å². The van der Waals surface area contributed by atoms with E-state index in [4.69, 9.17) is 4.74 Å². The molecule has 0 bridgehead atoms. The topological polar surface area (TPSA) is 100 Å². The van der Waals surface area contributed by atoms with E-state index >= 15 is 0 Å². The number of rotatable bonds is 4. The summed E-state index contributed by atoms with van der Waals surface area (Å²) in [5, 5.41) is 2.89. The molecular formula is C15H21N5O4. The maximum atomic E-state index is 12.3. The van der Waals surface area contributed by atoms with Crippen LogP contribution in [-0.2, 0) is 30.2 Å². The summed E-state index contributed by atoms with van der Waals surface area (Å²) in [6.45, 7) is 2.59. The molecule has 0 aliphatic carbocycles. The number of aryl methyl sites for hydroxylation is 1. The summed E-state index contributed by atoms with van der Waals surface area (Å²) in [5.74, 6) is -0.229. The summed E-state index contributed by atoms with van der Waals surface area (Å²) >= 11 is 0. The summed E-state index contributed by atoms with van der Waals surface area (Å²) in [7, 11) is 2.95. The van der Waals surface area contributed by atoms with Crippen molar-refractivity contribution in [3.63, 3.8) is 0 Å². The predicted octanol–water partition coefficient (Wildman–Crippen LogP) is -0.883. The minimum atomic E-state index is -0.467. The average molecular weight is 335 g/mol. The van der Waals surface area contributed by atoms with Crippen molar-refractivity contribution in [2.45, 2.75) is 38.5 Å². The molecule has 1 aliphatic rings. The zero-order valence-corrected chi connectivity index (χ0v) is 14.0. The van der Waals surface area contributed by atoms with Gasteiger partial charge in [0.2, 0.25) is 5.91 Å². The standard InChI is InChI=1S/C15H21N5O4/c1-9(10-5-4-6-24-10)17-11(21)7-20-8-16-13-12(20)14(22)19(3)15(23)18(13)2/h8-10H,4-7H2,1-3H3,(H,17,21). The van der Waals surface area contributed by atoms with Crippen molar-refractivity contribution in [1.29, 1.82) is 0 Å². The fraction of sp³-hybridized carbons (Fsp3) is 0.600. The Morgan fingerprint density at radius 1 is 1.42 bits per heavy atom. The van der Waals surface area contributed by atoms with Crippen LogP contribution >= 0.6 is 0 Å². The lowest BCUT2D eigenvalue weighted by atomic mass is 10.1. The highest BCUT2D eigenvalue weighted by molar-refractivity contribution is 5.79. The number of hydrogen-bond donors (Lipinski definition) is 1. The third-order valence-electron chi connectivity index (χ3n) is 4.44. The SMILES string of the molecule is CC(NC(=O)Cn1cnc2c1c(=O)n(C)c(=O)n2C)C1CCCO1. The number of nitrogens with zero attached hydrogens (tertiary/aromatic N) is 4. The quantitative estimate of drug-likeness (QED) is 0.782. The minimum Gasteiger partial charge on any atom is -0.376 e. The van der Waals surface area contributed by atoms with E-state index in [1.807, 2.05) is 6.92 Å². The minimum absolute atomic E-state index is 0.0298. The van der Waals surface area contributed by atoms with Crippen LogP contribution in [0.5, 0.6) is 0 Å². The first kappa shape index (κ1) is 16.4. The van der Waals surface area contributed by atoms with Crippen LogP contribution in [0.25, 0.3) is 11.2 Å². The normalized spacial score (nSPS) is 18.9. The maximum absolute atomic E-state index is 12.3. The van der Waals surface area contributed by atoms with Gasteiger partial charge in [0.15, 0.2) is 11.2 Å². The number of imidazole rings is 1. The number of carbonyl (C=O) groups excluding carboxylic acids is 1. The molecule has 24 heavy (non-hydrogen) atoms. The summed E-state index contributed by atoms with van der Waals surface area (Å²) < 4.78 is 9.33. The monoisotopic (exact) mass is 335 g/mol. The van der Waals surface area contributed by atoms with E-state index in [2.05, 4.69) is 10.3 Å². The van der Waals surface area contributed by atoms with Gasteiger partial charge >= 0.3 is 5.69 Å². The second-order valence-corrected chi connectivity index (χ2v) is 6.16. The van der Waals surface area contributed by atoms with Crippen molar-refractivity contribution in [2.75, 3.05) is 6.61 Å². The van der Waals surface area contributed by atoms with E-state index in [-0.39, 0.29) is 35.8 Å². The summed E-state index contributed by atoms with van der Waals surface area (Å²) in [4.78, 5) is 40.6. The van der Waals surface area contributed by atoms with E-state index < -0.39 is 11.2 Å².